The number of nitrogens with one attached hydrogen (secondary N) is 2. The normalized spacial score (nSPS) is 17.1. The number of methoxy groups -OCH3 is 1. The molecule has 1 aliphatic heterocycles. The van der Waals surface area contributed by atoms with Crippen molar-refractivity contribution in [2.45, 2.75) is 31.8 Å². The molecule has 2 amide bonds. The van der Waals surface area contributed by atoms with Crippen LogP contribution in [0.25, 0.3) is 11.0 Å². The summed E-state index contributed by atoms with van der Waals surface area (Å²) in [6.07, 6.45) is 3.00. The molecular formula is C20H23N5O2. The molecular weight excluding hydrogens is 342 g/mol. The lowest BCUT2D eigenvalue weighted by Crippen LogP contribution is -2.44. The van der Waals surface area contributed by atoms with Gasteiger partial charge in [-0.3, -0.25) is 0 Å². The summed E-state index contributed by atoms with van der Waals surface area (Å²) < 4.78 is 5.14. The molecule has 1 unspecified atom stereocenters. The summed E-state index contributed by atoms with van der Waals surface area (Å²) in [6.45, 7) is 1.08. The van der Waals surface area contributed by atoms with Crippen LogP contribution in [0.5, 0.6) is 5.88 Å². The highest BCUT2D eigenvalue weighted by Crippen LogP contribution is 2.30. The fourth-order valence-electron chi connectivity index (χ4n) is 3.53. The largest absolute Gasteiger partial charge is 0.481 e. The van der Waals surface area contributed by atoms with Crippen molar-refractivity contribution in [1.82, 2.24) is 25.2 Å². The molecule has 1 atom stereocenters. The van der Waals surface area contributed by atoms with Crippen LogP contribution in [-0.4, -0.2) is 39.5 Å². The van der Waals surface area contributed by atoms with E-state index in [0.717, 1.165) is 48.4 Å². The second-order valence-corrected chi connectivity index (χ2v) is 6.67. The highest BCUT2D eigenvalue weighted by atomic mass is 16.5. The Hall–Kier alpha value is -3.09. The zero-order valence-electron chi connectivity index (χ0n) is 15.3. The van der Waals surface area contributed by atoms with Gasteiger partial charge in [0.25, 0.3) is 0 Å². The number of aromatic amines is 1. The number of piperidine rings is 1. The summed E-state index contributed by atoms with van der Waals surface area (Å²) in [5, 5.41) is 2.98. The molecule has 1 fully saturated rings. The first-order valence-electron chi connectivity index (χ1n) is 9.23. The number of rotatable bonds is 4. The second-order valence-electron chi connectivity index (χ2n) is 6.67. The van der Waals surface area contributed by atoms with Crippen molar-refractivity contribution in [3.8, 4) is 5.88 Å². The van der Waals surface area contributed by atoms with Gasteiger partial charge in [0.2, 0.25) is 5.88 Å². The van der Waals surface area contributed by atoms with Gasteiger partial charge in [-0.05, 0) is 37.5 Å². The standard InChI is InChI=1S/C20H23N5O2/c1-27-18-11-6-7-14(22-18)13-21-20(26)25-12-5-4-10-17(25)19-23-15-8-2-3-9-16(15)24-19/h2-3,6-9,11,17H,4-5,10,12-13H2,1H3,(H,21,26)(H,23,24). The van der Waals surface area contributed by atoms with Crippen LogP contribution in [0.1, 0.15) is 36.8 Å². The molecule has 3 aromatic rings. The number of hydrogen-bond acceptors (Lipinski definition) is 4. The Morgan fingerprint density at radius 3 is 2.96 bits per heavy atom. The Kier molecular flexibility index (Phi) is 4.91. The summed E-state index contributed by atoms with van der Waals surface area (Å²) in [6, 6.07) is 13.3. The minimum Gasteiger partial charge on any atom is -0.481 e. The number of ether oxygens (including phenoxy) is 1. The van der Waals surface area contributed by atoms with Crippen LogP contribution in [-0.2, 0) is 6.54 Å². The van der Waals surface area contributed by atoms with E-state index in [0.29, 0.717) is 12.4 Å². The van der Waals surface area contributed by atoms with E-state index in [1.807, 2.05) is 41.3 Å². The monoisotopic (exact) mass is 365 g/mol. The molecule has 1 aliphatic rings. The third-order valence-electron chi connectivity index (χ3n) is 4.90. The average molecular weight is 365 g/mol. The van der Waals surface area contributed by atoms with Gasteiger partial charge in [-0.25, -0.2) is 14.8 Å². The molecule has 4 rings (SSSR count). The molecule has 1 aromatic carbocycles. The van der Waals surface area contributed by atoms with Gasteiger partial charge < -0.3 is 19.9 Å². The first kappa shape index (κ1) is 17.3. The van der Waals surface area contributed by atoms with Crippen molar-refractivity contribution >= 4 is 17.1 Å². The van der Waals surface area contributed by atoms with Crippen molar-refractivity contribution in [3.63, 3.8) is 0 Å². The van der Waals surface area contributed by atoms with E-state index in [1.54, 1.807) is 13.2 Å². The molecule has 3 heterocycles. The van der Waals surface area contributed by atoms with Crippen LogP contribution >= 0.6 is 0 Å². The van der Waals surface area contributed by atoms with Crippen molar-refractivity contribution < 1.29 is 9.53 Å². The van der Waals surface area contributed by atoms with Crippen LogP contribution in [0, 0.1) is 0 Å². The zero-order valence-corrected chi connectivity index (χ0v) is 15.3. The van der Waals surface area contributed by atoms with Gasteiger partial charge in [-0.2, -0.15) is 0 Å². The van der Waals surface area contributed by atoms with Crippen LogP contribution in [0.4, 0.5) is 4.79 Å². The maximum absolute atomic E-state index is 12.8. The van der Waals surface area contributed by atoms with Crippen molar-refractivity contribution in [2.24, 2.45) is 0 Å². The fourth-order valence-corrected chi connectivity index (χ4v) is 3.53. The first-order chi connectivity index (χ1) is 13.2. The molecule has 140 valence electrons. The number of carbonyl (C=O) groups excluding carboxylic acids is 1. The van der Waals surface area contributed by atoms with Gasteiger partial charge in [-0.15, -0.1) is 0 Å². The highest BCUT2D eigenvalue weighted by Gasteiger charge is 2.30. The van der Waals surface area contributed by atoms with Gasteiger partial charge in [0.1, 0.15) is 5.82 Å². The maximum atomic E-state index is 12.8. The van der Waals surface area contributed by atoms with E-state index in [1.165, 1.54) is 0 Å². The lowest BCUT2D eigenvalue weighted by molar-refractivity contribution is 0.147. The Morgan fingerprint density at radius 2 is 2.11 bits per heavy atom. The van der Waals surface area contributed by atoms with Gasteiger partial charge >= 0.3 is 6.03 Å². The predicted octanol–water partition coefficient (Wildman–Crippen LogP) is 3.40. The molecule has 0 aliphatic carbocycles. The minimum atomic E-state index is -0.0928. The minimum absolute atomic E-state index is 0.0376. The average Bonchev–Trinajstić information content (AvgIpc) is 3.16. The number of likely N-dealkylation sites (tertiary alicyclic amines) is 1. The topological polar surface area (TPSA) is 83.1 Å². The number of urea groups is 1. The number of pyridine rings is 1. The predicted molar refractivity (Wildman–Crippen MR) is 102 cm³/mol. The number of carbonyl (C=O) groups is 1. The first-order valence-corrected chi connectivity index (χ1v) is 9.23. The molecule has 1 saturated heterocycles. The third kappa shape index (κ3) is 3.72. The van der Waals surface area contributed by atoms with Crippen LogP contribution in [0.2, 0.25) is 0 Å². The number of amides is 2. The molecule has 7 nitrogen and oxygen atoms in total. The smallest absolute Gasteiger partial charge is 0.318 e. The van der Waals surface area contributed by atoms with Gasteiger partial charge in [-0.1, -0.05) is 18.2 Å². The number of hydrogen-bond donors (Lipinski definition) is 2. The van der Waals surface area contributed by atoms with E-state index in [4.69, 9.17) is 9.72 Å². The molecule has 0 bridgehead atoms. The summed E-state index contributed by atoms with van der Waals surface area (Å²) >= 11 is 0. The highest BCUT2D eigenvalue weighted by molar-refractivity contribution is 5.76. The lowest BCUT2D eigenvalue weighted by atomic mass is 10.0. The van der Waals surface area contributed by atoms with Gasteiger partial charge in [0.15, 0.2) is 0 Å². The second kappa shape index (κ2) is 7.65. The number of H-pyrrole nitrogens is 1. The summed E-state index contributed by atoms with van der Waals surface area (Å²) in [5.74, 6) is 1.39. The number of imidazole rings is 1. The van der Waals surface area contributed by atoms with E-state index in [-0.39, 0.29) is 12.1 Å². The van der Waals surface area contributed by atoms with Crippen molar-refractivity contribution in [2.75, 3.05) is 13.7 Å². The molecule has 0 spiro atoms. The lowest BCUT2D eigenvalue weighted by Gasteiger charge is -2.34. The van der Waals surface area contributed by atoms with E-state index >= 15 is 0 Å². The molecule has 0 saturated carbocycles. The summed E-state index contributed by atoms with van der Waals surface area (Å²) in [4.78, 5) is 27.1. The fraction of sp³-hybridized carbons (Fsp3) is 0.350. The number of benzene rings is 1. The quantitative estimate of drug-likeness (QED) is 0.742. The number of fused-ring (bicyclic) bond motifs is 1. The molecule has 0 radical (unpaired) electrons. The zero-order chi connectivity index (χ0) is 18.6. The molecule has 7 heteroatoms. The maximum Gasteiger partial charge on any atom is 0.318 e. The van der Waals surface area contributed by atoms with E-state index in [9.17, 15) is 4.79 Å². The summed E-state index contributed by atoms with van der Waals surface area (Å²) in [7, 11) is 1.58. The number of para-hydroxylation sites is 2. The van der Waals surface area contributed by atoms with Crippen molar-refractivity contribution in [1.29, 1.82) is 0 Å². The Morgan fingerprint density at radius 1 is 1.22 bits per heavy atom. The van der Waals surface area contributed by atoms with Crippen molar-refractivity contribution in [3.05, 3.63) is 54.0 Å². The van der Waals surface area contributed by atoms with E-state index < -0.39 is 0 Å². The molecule has 27 heavy (non-hydrogen) atoms. The SMILES string of the molecule is COc1cccc(CNC(=O)N2CCCCC2c2nc3ccccc3[nH]2)n1. The summed E-state index contributed by atoms with van der Waals surface area (Å²) in [5.41, 5.74) is 2.69. The number of nitrogens with zero attached hydrogens (tertiary/aromatic N) is 3. The van der Waals surface area contributed by atoms with E-state index in [2.05, 4.69) is 15.3 Å². The van der Waals surface area contributed by atoms with Crippen LogP contribution in [0.15, 0.2) is 42.5 Å². The molecule has 2 aromatic heterocycles. The number of aromatic nitrogens is 3. The Bertz CT molecular complexity index is 906. The Labute approximate surface area is 157 Å². The van der Waals surface area contributed by atoms with Crippen LogP contribution < -0.4 is 10.1 Å². The van der Waals surface area contributed by atoms with Crippen LogP contribution in [0.3, 0.4) is 0 Å². The third-order valence-corrected chi connectivity index (χ3v) is 4.90. The van der Waals surface area contributed by atoms with Gasteiger partial charge in [0.05, 0.1) is 36.4 Å². The van der Waals surface area contributed by atoms with Gasteiger partial charge in [0, 0.05) is 12.6 Å². The molecule has 2 N–H and O–H groups in total. The Balaban J connectivity index is 1.48.